The molecule has 0 aliphatic rings. The van der Waals surface area contributed by atoms with E-state index in [0.717, 1.165) is 0 Å². The second-order valence-corrected chi connectivity index (χ2v) is 2.04. The summed E-state index contributed by atoms with van der Waals surface area (Å²) < 4.78 is 45.6. The lowest BCUT2D eigenvalue weighted by atomic mass is 10.4. The minimum Gasteiger partial charge on any atom is -0.478 e. The van der Waals surface area contributed by atoms with Gasteiger partial charge < -0.3 is 5.11 Å². The minimum absolute atomic E-state index is 2.27. The second-order valence-electron chi connectivity index (χ2n) is 1.43. The van der Waals surface area contributed by atoms with Crippen LogP contribution in [-0.2, 0) is 4.79 Å². The Balaban J connectivity index is 4.57. The van der Waals surface area contributed by atoms with Gasteiger partial charge in [-0.2, -0.15) is 13.2 Å². The van der Waals surface area contributed by atoms with Crippen LogP contribution in [0.3, 0.4) is 0 Å². The first-order chi connectivity index (χ1) is 4.19. The summed E-state index contributed by atoms with van der Waals surface area (Å²) in [6.07, 6.45) is -5.48. The molecule has 0 heterocycles. The number of carbonyl (C=O) groups is 1. The Morgan fingerprint density at radius 3 is 1.60 bits per heavy atom. The van der Waals surface area contributed by atoms with Crippen LogP contribution in [0.15, 0.2) is 0 Å². The summed E-state index contributed by atoms with van der Waals surface area (Å²) >= 11 is 2.27. The third-order valence-electron chi connectivity index (χ3n) is 0.659. The molecule has 0 fully saturated rings. The van der Waals surface area contributed by atoms with E-state index in [2.05, 4.69) is 12.6 Å². The number of thiol groups is 1. The lowest BCUT2D eigenvalue weighted by Crippen LogP contribution is -2.42. The fourth-order valence-corrected chi connectivity index (χ4v) is 0.121. The number of halogens is 4. The van der Waals surface area contributed by atoms with Crippen LogP contribution in [0.4, 0.5) is 17.6 Å². The summed E-state index contributed by atoms with van der Waals surface area (Å²) in [4.78, 5) is 9.50. The van der Waals surface area contributed by atoms with Gasteiger partial charge in [-0.05, 0) is 0 Å². The molecule has 2 nitrogen and oxygen atoms in total. The van der Waals surface area contributed by atoms with Gasteiger partial charge in [-0.1, -0.05) is 0 Å². The van der Waals surface area contributed by atoms with Crippen LogP contribution < -0.4 is 0 Å². The fraction of sp³-hybridized carbons (Fsp3) is 0.667. The van der Waals surface area contributed by atoms with Crippen molar-refractivity contribution in [2.45, 2.75) is 11.2 Å². The molecule has 0 aliphatic carbocycles. The first kappa shape index (κ1) is 9.54. The van der Waals surface area contributed by atoms with E-state index in [-0.39, 0.29) is 0 Å². The Hall–Kier alpha value is -0.460. The van der Waals surface area contributed by atoms with Gasteiger partial charge in [0, 0.05) is 0 Å². The molecule has 0 aromatic heterocycles. The van der Waals surface area contributed by atoms with Gasteiger partial charge in [-0.25, -0.2) is 9.18 Å². The third kappa shape index (κ3) is 1.53. The normalized spacial score (nSPS) is 18.1. The molecule has 0 rings (SSSR count). The van der Waals surface area contributed by atoms with Crippen molar-refractivity contribution in [2.75, 3.05) is 0 Å². The van der Waals surface area contributed by atoms with E-state index in [1.165, 1.54) is 0 Å². The highest BCUT2D eigenvalue weighted by Crippen LogP contribution is 2.37. The minimum atomic E-state index is -5.48. The van der Waals surface area contributed by atoms with E-state index >= 15 is 0 Å². The Kier molecular flexibility index (Phi) is 2.19. The first-order valence-electron chi connectivity index (χ1n) is 1.91. The van der Waals surface area contributed by atoms with Crippen molar-refractivity contribution in [3.63, 3.8) is 0 Å². The van der Waals surface area contributed by atoms with Crippen molar-refractivity contribution < 1.29 is 27.5 Å². The standard InChI is InChI=1S/C3H2F4O2S/c4-2(10,1(8)9)3(5,6)7/h10H,(H,8,9). The van der Waals surface area contributed by atoms with Gasteiger partial charge >= 0.3 is 17.1 Å². The molecule has 0 aromatic carbocycles. The lowest BCUT2D eigenvalue weighted by molar-refractivity contribution is -0.207. The van der Waals surface area contributed by atoms with Crippen molar-refractivity contribution in [2.24, 2.45) is 0 Å². The van der Waals surface area contributed by atoms with Gasteiger partial charge in [-0.3, -0.25) is 0 Å². The molecule has 0 saturated carbocycles. The molecule has 0 bridgehead atoms. The first-order valence-corrected chi connectivity index (χ1v) is 2.35. The van der Waals surface area contributed by atoms with E-state index in [1.54, 1.807) is 0 Å². The second kappa shape index (κ2) is 2.30. The van der Waals surface area contributed by atoms with Gasteiger partial charge in [0.05, 0.1) is 0 Å². The molecule has 10 heavy (non-hydrogen) atoms. The Morgan fingerprint density at radius 1 is 1.30 bits per heavy atom. The summed E-state index contributed by atoms with van der Waals surface area (Å²) in [5.74, 6) is -2.66. The van der Waals surface area contributed by atoms with E-state index in [9.17, 15) is 22.4 Å². The van der Waals surface area contributed by atoms with Crippen molar-refractivity contribution in [1.29, 1.82) is 0 Å². The summed E-state index contributed by atoms with van der Waals surface area (Å²) in [6, 6.07) is 0. The number of carboxylic acids is 1. The predicted octanol–water partition coefficient (Wildman–Crippen LogP) is 1.23. The van der Waals surface area contributed by atoms with E-state index in [1.807, 2.05) is 0 Å². The number of carboxylic acid groups (broad SMARTS) is 1. The fourth-order valence-electron chi connectivity index (χ4n) is 0.121. The summed E-state index contributed by atoms with van der Waals surface area (Å²) in [7, 11) is 0. The largest absolute Gasteiger partial charge is 0.478 e. The molecular formula is C3H2F4O2S. The quantitative estimate of drug-likeness (QED) is 0.468. The summed E-state index contributed by atoms with van der Waals surface area (Å²) in [5, 5.41) is 3.15. The maximum atomic E-state index is 11.9. The Labute approximate surface area is 58.2 Å². The van der Waals surface area contributed by atoms with Crippen LogP contribution in [0, 0.1) is 0 Å². The average Bonchev–Trinajstić information content (AvgIpc) is 1.62. The maximum absolute atomic E-state index is 11.9. The van der Waals surface area contributed by atoms with Crippen LogP contribution in [0.25, 0.3) is 0 Å². The zero-order valence-corrected chi connectivity index (χ0v) is 5.21. The van der Waals surface area contributed by atoms with Gasteiger partial charge in [0.15, 0.2) is 0 Å². The van der Waals surface area contributed by atoms with Crippen molar-refractivity contribution in [3.05, 3.63) is 0 Å². The lowest BCUT2D eigenvalue weighted by Gasteiger charge is -2.16. The van der Waals surface area contributed by atoms with Crippen molar-refractivity contribution in [1.82, 2.24) is 0 Å². The van der Waals surface area contributed by atoms with Gasteiger partial charge in [0.2, 0.25) is 0 Å². The molecule has 0 amide bonds. The summed E-state index contributed by atoms with van der Waals surface area (Å²) in [6.45, 7) is 0. The third-order valence-corrected chi connectivity index (χ3v) is 1.10. The van der Waals surface area contributed by atoms with Crippen LogP contribution in [0.1, 0.15) is 0 Å². The van der Waals surface area contributed by atoms with Gasteiger partial charge in [0.25, 0.3) is 0 Å². The number of aliphatic carboxylic acids is 1. The maximum Gasteiger partial charge on any atom is 0.443 e. The van der Waals surface area contributed by atoms with E-state index in [0.29, 0.717) is 0 Å². The molecular weight excluding hydrogens is 176 g/mol. The highest BCUT2D eigenvalue weighted by atomic mass is 32.1. The Morgan fingerprint density at radius 2 is 1.60 bits per heavy atom. The molecule has 1 atom stereocenters. The monoisotopic (exact) mass is 178 g/mol. The zero-order valence-electron chi connectivity index (χ0n) is 4.31. The zero-order chi connectivity index (χ0) is 8.58. The van der Waals surface area contributed by atoms with Gasteiger partial charge in [0.1, 0.15) is 0 Å². The molecule has 0 saturated heterocycles. The number of rotatable bonds is 1. The smallest absolute Gasteiger partial charge is 0.443 e. The SMILES string of the molecule is O=C(O)C(F)(S)C(F)(F)F. The molecule has 1 N–H and O–H groups in total. The molecule has 0 aliphatic heterocycles. The number of hydrogen-bond acceptors (Lipinski definition) is 2. The van der Waals surface area contributed by atoms with E-state index < -0.39 is 17.1 Å². The van der Waals surface area contributed by atoms with Crippen LogP contribution in [-0.4, -0.2) is 22.3 Å². The highest BCUT2D eigenvalue weighted by Gasteiger charge is 2.60. The number of hydrogen-bond donors (Lipinski definition) is 2. The van der Waals surface area contributed by atoms with Crippen LogP contribution >= 0.6 is 12.6 Å². The Bertz CT molecular complexity index is 151. The molecule has 60 valence electrons. The molecule has 0 radical (unpaired) electrons. The predicted molar refractivity (Wildman–Crippen MR) is 26.5 cm³/mol. The highest BCUT2D eigenvalue weighted by molar-refractivity contribution is 7.82. The van der Waals surface area contributed by atoms with Crippen molar-refractivity contribution in [3.8, 4) is 0 Å². The number of alkyl halides is 4. The molecule has 0 aromatic rings. The molecule has 0 spiro atoms. The topological polar surface area (TPSA) is 37.3 Å². The molecule has 1 unspecified atom stereocenters. The van der Waals surface area contributed by atoms with Gasteiger partial charge in [-0.15, -0.1) is 12.6 Å². The van der Waals surface area contributed by atoms with Crippen LogP contribution in [0.5, 0.6) is 0 Å². The van der Waals surface area contributed by atoms with E-state index in [4.69, 9.17) is 5.11 Å². The molecule has 7 heteroatoms. The average molecular weight is 178 g/mol. The van der Waals surface area contributed by atoms with Crippen LogP contribution in [0.2, 0.25) is 0 Å². The summed E-state index contributed by atoms with van der Waals surface area (Å²) in [5.41, 5.74) is 0. The van der Waals surface area contributed by atoms with Crippen molar-refractivity contribution >= 4 is 18.6 Å².